The highest BCUT2D eigenvalue weighted by molar-refractivity contribution is 7.92. The minimum Gasteiger partial charge on any atom is -0.497 e. The van der Waals surface area contributed by atoms with Crippen LogP contribution in [0.25, 0.3) is 0 Å². The van der Waals surface area contributed by atoms with Gasteiger partial charge in [0.15, 0.2) is 0 Å². The van der Waals surface area contributed by atoms with E-state index in [1.54, 1.807) is 19.1 Å². The third-order valence-electron chi connectivity index (χ3n) is 6.71. The summed E-state index contributed by atoms with van der Waals surface area (Å²) < 4.78 is 34.0. The van der Waals surface area contributed by atoms with E-state index in [0.717, 1.165) is 21.5 Å². The van der Waals surface area contributed by atoms with E-state index in [9.17, 15) is 28.1 Å². The topological polar surface area (TPSA) is 139 Å². The molecule has 0 spiro atoms. The number of rotatable bonds is 12. The lowest BCUT2D eigenvalue weighted by atomic mass is 10.1. The zero-order valence-corrected chi connectivity index (χ0v) is 24.5. The van der Waals surface area contributed by atoms with Crippen LogP contribution in [0.4, 0.5) is 11.4 Å². The van der Waals surface area contributed by atoms with Crippen molar-refractivity contribution in [2.45, 2.75) is 44.7 Å². The van der Waals surface area contributed by atoms with Crippen LogP contribution in [0.5, 0.6) is 5.75 Å². The minimum atomic E-state index is -4.47. The Labute approximate surface area is 239 Å². The van der Waals surface area contributed by atoms with Gasteiger partial charge in [-0.2, -0.15) is 0 Å². The lowest BCUT2D eigenvalue weighted by Crippen LogP contribution is -2.51. The highest BCUT2D eigenvalue weighted by atomic mass is 32.2. The van der Waals surface area contributed by atoms with Gasteiger partial charge in [0.25, 0.3) is 15.7 Å². The van der Waals surface area contributed by atoms with Crippen LogP contribution in [0, 0.1) is 24.0 Å². The van der Waals surface area contributed by atoms with Gasteiger partial charge in [0, 0.05) is 25.2 Å². The summed E-state index contributed by atoms with van der Waals surface area (Å²) in [6.45, 7) is 4.61. The van der Waals surface area contributed by atoms with Gasteiger partial charge in [0.2, 0.25) is 11.8 Å². The monoisotopic (exact) mass is 582 g/mol. The Hall–Kier alpha value is -4.45. The molecule has 0 fully saturated rings. The second kappa shape index (κ2) is 13.3. The molecule has 0 radical (unpaired) electrons. The van der Waals surface area contributed by atoms with Gasteiger partial charge in [0.1, 0.15) is 18.3 Å². The Bertz CT molecular complexity index is 1510. The number of nitrogens with zero attached hydrogens (tertiary/aromatic N) is 3. The molecule has 3 aromatic carbocycles. The molecule has 3 aromatic rings. The van der Waals surface area contributed by atoms with Gasteiger partial charge in [0.05, 0.1) is 22.6 Å². The summed E-state index contributed by atoms with van der Waals surface area (Å²) in [6, 6.07) is 16.2. The smallest absolute Gasteiger partial charge is 0.273 e. The maximum Gasteiger partial charge on any atom is 0.273 e. The first-order valence-corrected chi connectivity index (χ1v) is 14.3. The first kappa shape index (κ1) is 31.1. The number of nitro benzene ring substituents is 1. The average molecular weight is 583 g/mol. The number of hydrogen-bond acceptors (Lipinski definition) is 7. The van der Waals surface area contributed by atoms with Gasteiger partial charge in [-0.05, 0) is 56.2 Å². The summed E-state index contributed by atoms with van der Waals surface area (Å²) >= 11 is 0. The summed E-state index contributed by atoms with van der Waals surface area (Å²) in [7, 11) is -1.54. The van der Waals surface area contributed by atoms with Gasteiger partial charge < -0.3 is 15.0 Å². The van der Waals surface area contributed by atoms with E-state index >= 15 is 0 Å². The number of hydrogen-bond donors (Lipinski definition) is 1. The fourth-order valence-corrected chi connectivity index (χ4v) is 5.76. The van der Waals surface area contributed by atoms with Crippen LogP contribution in [0.3, 0.4) is 0 Å². The Morgan fingerprint density at radius 1 is 1.02 bits per heavy atom. The number of carbonyl (C=O) groups is 2. The summed E-state index contributed by atoms with van der Waals surface area (Å²) in [5.41, 5.74) is 1.86. The molecule has 1 atom stereocenters. The highest BCUT2D eigenvalue weighted by Gasteiger charge is 2.34. The Balaban J connectivity index is 2.11. The molecule has 2 amide bonds. The van der Waals surface area contributed by atoms with Crippen LogP contribution in [0.2, 0.25) is 0 Å². The van der Waals surface area contributed by atoms with E-state index in [1.807, 2.05) is 31.2 Å². The minimum absolute atomic E-state index is 0.0670. The maximum absolute atomic E-state index is 14.0. The predicted octanol–water partition coefficient (Wildman–Crippen LogP) is 3.97. The molecule has 0 heterocycles. The van der Waals surface area contributed by atoms with Crippen molar-refractivity contribution in [3.8, 4) is 5.75 Å². The number of likely N-dealkylation sites (N-methyl/N-ethyl adjacent to an activating group) is 1. The molecular formula is C29H34N4O7S. The van der Waals surface area contributed by atoms with Crippen molar-refractivity contribution >= 4 is 33.2 Å². The molecular weight excluding hydrogens is 548 g/mol. The number of ether oxygens (including phenoxy) is 1. The molecule has 0 saturated carbocycles. The summed E-state index contributed by atoms with van der Waals surface area (Å²) in [5, 5.41) is 14.1. The van der Waals surface area contributed by atoms with Gasteiger partial charge in [-0.1, -0.05) is 42.8 Å². The molecule has 3 rings (SSSR count). The number of benzene rings is 3. The van der Waals surface area contributed by atoms with Crippen molar-refractivity contribution in [1.29, 1.82) is 0 Å². The normalized spacial score (nSPS) is 11.8. The van der Waals surface area contributed by atoms with Crippen molar-refractivity contribution in [3.05, 3.63) is 93.5 Å². The number of methoxy groups -OCH3 is 1. The number of anilines is 1. The third-order valence-corrected chi connectivity index (χ3v) is 8.48. The van der Waals surface area contributed by atoms with Gasteiger partial charge in [-0.3, -0.25) is 24.0 Å². The van der Waals surface area contributed by atoms with E-state index in [1.165, 1.54) is 50.2 Å². The van der Waals surface area contributed by atoms with Crippen molar-refractivity contribution in [3.63, 3.8) is 0 Å². The standard InChI is InChI=1S/C29H34N4O7S/c1-6-26(29(35)30-4)31(18-22-10-7-20(2)8-11-22)28(34)19-32(23-12-14-24(40-5)15-13-23)41(38,39)25-16-9-21(3)27(17-25)33(36)37/h7-17,26H,6,18-19H2,1-5H3,(H,30,35)/t26-/m1/s1. The van der Waals surface area contributed by atoms with E-state index < -0.39 is 33.4 Å². The van der Waals surface area contributed by atoms with E-state index in [0.29, 0.717) is 11.3 Å². The lowest BCUT2D eigenvalue weighted by Gasteiger charge is -2.33. The van der Waals surface area contributed by atoms with Crippen LogP contribution in [-0.4, -0.2) is 56.8 Å². The molecule has 218 valence electrons. The Morgan fingerprint density at radius 3 is 2.20 bits per heavy atom. The first-order chi connectivity index (χ1) is 19.4. The quantitative estimate of drug-likeness (QED) is 0.252. The number of carbonyl (C=O) groups excluding carboxylic acids is 2. The van der Waals surface area contributed by atoms with E-state index in [4.69, 9.17) is 4.74 Å². The van der Waals surface area contributed by atoms with Crippen LogP contribution >= 0.6 is 0 Å². The zero-order valence-electron chi connectivity index (χ0n) is 23.7. The highest BCUT2D eigenvalue weighted by Crippen LogP contribution is 2.29. The fourth-order valence-electron chi connectivity index (χ4n) is 4.33. The number of nitro groups is 1. The maximum atomic E-state index is 14.0. The van der Waals surface area contributed by atoms with E-state index in [2.05, 4.69) is 5.32 Å². The average Bonchev–Trinajstić information content (AvgIpc) is 2.96. The Kier molecular flexibility index (Phi) is 10.1. The molecule has 0 bridgehead atoms. The molecule has 41 heavy (non-hydrogen) atoms. The zero-order chi connectivity index (χ0) is 30.3. The number of amides is 2. The molecule has 0 saturated heterocycles. The third kappa shape index (κ3) is 7.20. The summed E-state index contributed by atoms with van der Waals surface area (Å²) in [5.74, 6) is -0.543. The molecule has 0 aliphatic carbocycles. The van der Waals surface area contributed by atoms with Crippen molar-refractivity contribution in [2.24, 2.45) is 0 Å². The molecule has 0 aliphatic rings. The second-order valence-corrected chi connectivity index (χ2v) is 11.3. The first-order valence-electron chi connectivity index (χ1n) is 12.9. The summed E-state index contributed by atoms with van der Waals surface area (Å²) in [6.07, 6.45) is 0.288. The largest absolute Gasteiger partial charge is 0.497 e. The van der Waals surface area contributed by atoms with Gasteiger partial charge >= 0.3 is 0 Å². The van der Waals surface area contributed by atoms with Crippen molar-refractivity contribution < 1.29 is 27.7 Å². The molecule has 0 aromatic heterocycles. The summed E-state index contributed by atoms with van der Waals surface area (Å²) in [4.78, 5) is 38.7. The van der Waals surface area contributed by atoms with Crippen LogP contribution in [0.15, 0.2) is 71.6 Å². The van der Waals surface area contributed by atoms with Gasteiger partial charge in [-0.15, -0.1) is 0 Å². The SMILES string of the molecule is CC[C@H](C(=O)NC)N(Cc1ccc(C)cc1)C(=O)CN(c1ccc(OC)cc1)S(=O)(=O)c1ccc(C)c([N+](=O)[O-])c1. The van der Waals surface area contributed by atoms with Crippen LogP contribution in [0.1, 0.15) is 30.0 Å². The van der Waals surface area contributed by atoms with Crippen molar-refractivity contribution in [2.75, 3.05) is 25.0 Å². The van der Waals surface area contributed by atoms with Gasteiger partial charge in [-0.25, -0.2) is 8.42 Å². The molecule has 11 nitrogen and oxygen atoms in total. The number of nitrogens with one attached hydrogen (secondary N) is 1. The fraction of sp³-hybridized carbons (Fsp3) is 0.310. The number of aryl methyl sites for hydroxylation is 2. The van der Waals surface area contributed by atoms with E-state index in [-0.39, 0.29) is 35.1 Å². The predicted molar refractivity (Wildman–Crippen MR) is 155 cm³/mol. The molecule has 0 aliphatic heterocycles. The molecule has 0 unspecified atom stereocenters. The Morgan fingerprint density at radius 2 is 1.66 bits per heavy atom. The molecule has 12 heteroatoms. The lowest BCUT2D eigenvalue weighted by molar-refractivity contribution is -0.385. The number of sulfonamides is 1. The van der Waals surface area contributed by atoms with Crippen LogP contribution < -0.4 is 14.4 Å². The second-order valence-electron chi connectivity index (χ2n) is 9.46. The van der Waals surface area contributed by atoms with Crippen molar-refractivity contribution in [1.82, 2.24) is 10.2 Å². The molecule has 1 N–H and O–H groups in total. The van der Waals surface area contributed by atoms with Crippen LogP contribution in [-0.2, 0) is 26.2 Å².